The number of carbonyl (C=O) groups is 1. The van der Waals surface area contributed by atoms with Crippen LogP contribution in [0.15, 0.2) is 54.0 Å². The van der Waals surface area contributed by atoms with Gasteiger partial charge < -0.3 is 9.47 Å². The van der Waals surface area contributed by atoms with Crippen LogP contribution in [0.4, 0.5) is 5.13 Å². The lowest BCUT2D eigenvalue weighted by atomic mass is 10.2. The van der Waals surface area contributed by atoms with Gasteiger partial charge in [-0.2, -0.15) is 0 Å². The summed E-state index contributed by atoms with van der Waals surface area (Å²) >= 11 is 1.34. The number of ether oxygens (including phenoxy) is 2. The molecule has 0 aliphatic carbocycles. The Labute approximate surface area is 142 Å². The lowest BCUT2D eigenvalue weighted by molar-refractivity contribution is -0.125. The standard InChI is InChI=1S/C17H13N3O3S/c21-16(15-9-22-13-6-1-2-7-14(13)23-15)20-17-19-12(10-24-17)11-5-3-4-8-18-11/h1-8,10,15H,9H2,(H,19,20,21)/t15-/m1/s1. The molecule has 1 aliphatic heterocycles. The fraction of sp³-hybridized carbons (Fsp3) is 0.118. The minimum atomic E-state index is -0.706. The van der Waals surface area contributed by atoms with Crippen molar-refractivity contribution >= 4 is 22.4 Å². The summed E-state index contributed by atoms with van der Waals surface area (Å²) in [5.74, 6) is 0.928. The van der Waals surface area contributed by atoms with Gasteiger partial charge in [0.25, 0.3) is 5.91 Å². The predicted octanol–water partition coefficient (Wildman–Crippen LogP) is 2.98. The van der Waals surface area contributed by atoms with E-state index in [2.05, 4.69) is 15.3 Å². The van der Waals surface area contributed by atoms with Crippen LogP contribution in [0.3, 0.4) is 0 Å². The first-order valence-corrected chi connectivity index (χ1v) is 8.24. The third kappa shape index (κ3) is 2.93. The molecule has 3 aromatic rings. The van der Waals surface area contributed by atoms with Crippen LogP contribution in [0, 0.1) is 0 Å². The van der Waals surface area contributed by atoms with E-state index in [4.69, 9.17) is 9.47 Å². The fourth-order valence-corrected chi connectivity index (χ4v) is 3.00. The maximum atomic E-state index is 12.4. The van der Waals surface area contributed by atoms with Gasteiger partial charge in [0.15, 0.2) is 16.6 Å². The molecule has 1 aliphatic rings. The van der Waals surface area contributed by atoms with Crippen molar-refractivity contribution in [1.82, 2.24) is 9.97 Å². The molecule has 120 valence electrons. The fourth-order valence-electron chi connectivity index (χ4n) is 2.30. The largest absolute Gasteiger partial charge is 0.485 e. The van der Waals surface area contributed by atoms with E-state index in [-0.39, 0.29) is 12.5 Å². The average molecular weight is 339 g/mol. The van der Waals surface area contributed by atoms with E-state index in [1.54, 1.807) is 12.3 Å². The Morgan fingerprint density at radius 1 is 1.12 bits per heavy atom. The summed E-state index contributed by atoms with van der Waals surface area (Å²) in [5.41, 5.74) is 1.49. The summed E-state index contributed by atoms with van der Waals surface area (Å²) in [5, 5.41) is 5.12. The Morgan fingerprint density at radius 3 is 2.79 bits per heavy atom. The zero-order chi connectivity index (χ0) is 16.4. The highest BCUT2D eigenvalue weighted by molar-refractivity contribution is 7.14. The highest BCUT2D eigenvalue weighted by atomic mass is 32.1. The number of pyridine rings is 1. The number of thiazole rings is 1. The minimum absolute atomic E-state index is 0.168. The van der Waals surface area contributed by atoms with E-state index >= 15 is 0 Å². The molecule has 3 heterocycles. The molecule has 0 unspecified atom stereocenters. The molecule has 0 saturated heterocycles. The molecule has 0 radical (unpaired) electrons. The van der Waals surface area contributed by atoms with Crippen molar-refractivity contribution in [2.75, 3.05) is 11.9 Å². The Hall–Kier alpha value is -2.93. The summed E-state index contributed by atoms with van der Waals surface area (Å²) in [6, 6.07) is 12.9. The van der Waals surface area contributed by atoms with Gasteiger partial charge in [0.05, 0.1) is 5.69 Å². The van der Waals surface area contributed by atoms with Gasteiger partial charge in [-0.1, -0.05) is 18.2 Å². The normalized spacial score (nSPS) is 15.8. The number of rotatable bonds is 3. The second-order valence-electron chi connectivity index (χ2n) is 5.11. The topological polar surface area (TPSA) is 73.3 Å². The molecule has 1 N–H and O–H groups in total. The maximum absolute atomic E-state index is 12.4. The zero-order valence-electron chi connectivity index (χ0n) is 12.5. The van der Waals surface area contributed by atoms with Crippen molar-refractivity contribution in [2.45, 2.75) is 6.10 Å². The number of anilines is 1. The molecule has 0 saturated carbocycles. The smallest absolute Gasteiger partial charge is 0.270 e. The van der Waals surface area contributed by atoms with E-state index in [0.717, 1.165) is 11.4 Å². The first kappa shape index (κ1) is 14.6. The molecule has 1 aromatic carbocycles. The van der Waals surface area contributed by atoms with Gasteiger partial charge in [-0.15, -0.1) is 11.3 Å². The lowest BCUT2D eigenvalue weighted by Gasteiger charge is -2.25. The number of aromatic nitrogens is 2. The van der Waals surface area contributed by atoms with Crippen molar-refractivity contribution in [2.24, 2.45) is 0 Å². The predicted molar refractivity (Wildman–Crippen MR) is 90.3 cm³/mol. The Bertz CT molecular complexity index is 866. The van der Waals surface area contributed by atoms with Gasteiger partial charge in [0, 0.05) is 11.6 Å². The molecular weight excluding hydrogens is 326 g/mol. The molecule has 6 nitrogen and oxygen atoms in total. The van der Waals surface area contributed by atoms with Crippen molar-refractivity contribution in [3.05, 3.63) is 54.0 Å². The second-order valence-corrected chi connectivity index (χ2v) is 5.96. The van der Waals surface area contributed by atoms with Gasteiger partial charge in [0.1, 0.15) is 12.3 Å². The van der Waals surface area contributed by atoms with E-state index in [1.165, 1.54) is 11.3 Å². The first-order chi connectivity index (χ1) is 11.8. The molecule has 4 rings (SSSR count). The number of hydrogen-bond donors (Lipinski definition) is 1. The highest BCUT2D eigenvalue weighted by Crippen LogP contribution is 2.31. The van der Waals surface area contributed by atoms with Gasteiger partial charge in [0.2, 0.25) is 6.10 Å². The van der Waals surface area contributed by atoms with Crippen molar-refractivity contribution in [3.63, 3.8) is 0 Å². The summed E-state index contributed by atoms with van der Waals surface area (Å²) in [4.78, 5) is 21.0. The molecule has 0 spiro atoms. The number of para-hydroxylation sites is 2. The Morgan fingerprint density at radius 2 is 1.96 bits per heavy atom. The third-order valence-corrected chi connectivity index (χ3v) is 4.22. The van der Waals surface area contributed by atoms with Crippen molar-refractivity contribution < 1.29 is 14.3 Å². The van der Waals surface area contributed by atoms with Crippen LogP contribution in [-0.4, -0.2) is 28.6 Å². The maximum Gasteiger partial charge on any atom is 0.270 e. The lowest BCUT2D eigenvalue weighted by Crippen LogP contribution is -2.40. The molecule has 1 atom stereocenters. The van der Waals surface area contributed by atoms with Crippen LogP contribution >= 0.6 is 11.3 Å². The van der Waals surface area contributed by atoms with Gasteiger partial charge in [-0.3, -0.25) is 15.1 Å². The number of nitrogens with one attached hydrogen (secondary N) is 1. The van der Waals surface area contributed by atoms with Crippen LogP contribution in [0.2, 0.25) is 0 Å². The van der Waals surface area contributed by atoms with Crippen LogP contribution in [-0.2, 0) is 4.79 Å². The Kier molecular flexibility index (Phi) is 3.84. The SMILES string of the molecule is O=C(Nc1nc(-c2ccccn2)cs1)[C@H]1COc2ccccc2O1. The van der Waals surface area contributed by atoms with Crippen LogP contribution < -0.4 is 14.8 Å². The van der Waals surface area contributed by atoms with Gasteiger partial charge in [-0.05, 0) is 24.3 Å². The summed E-state index contributed by atoms with van der Waals surface area (Å²) in [6.45, 7) is 0.168. The molecule has 1 amide bonds. The second kappa shape index (κ2) is 6.29. The first-order valence-electron chi connectivity index (χ1n) is 7.36. The van der Waals surface area contributed by atoms with Crippen molar-refractivity contribution in [3.8, 4) is 22.9 Å². The number of nitrogens with zero attached hydrogens (tertiary/aromatic N) is 2. The molecular formula is C17H13N3O3S. The number of amides is 1. The summed E-state index contributed by atoms with van der Waals surface area (Å²) < 4.78 is 11.2. The molecule has 7 heteroatoms. The molecule has 0 fully saturated rings. The zero-order valence-corrected chi connectivity index (χ0v) is 13.3. The number of fused-ring (bicyclic) bond motifs is 1. The third-order valence-electron chi connectivity index (χ3n) is 3.46. The molecule has 24 heavy (non-hydrogen) atoms. The average Bonchev–Trinajstić information content (AvgIpc) is 3.10. The summed E-state index contributed by atoms with van der Waals surface area (Å²) in [7, 11) is 0. The van der Waals surface area contributed by atoms with E-state index in [1.807, 2.05) is 41.8 Å². The van der Waals surface area contributed by atoms with Gasteiger partial charge >= 0.3 is 0 Å². The van der Waals surface area contributed by atoms with E-state index in [9.17, 15) is 4.79 Å². The number of benzene rings is 1. The molecule has 0 bridgehead atoms. The monoisotopic (exact) mass is 339 g/mol. The van der Waals surface area contributed by atoms with Crippen LogP contribution in [0.1, 0.15) is 0 Å². The highest BCUT2D eigenvalue weighted by Gasteiger charge is 2.27. The van der Waals surface area contributed by atoms with E-state index in [0.29, 0.717) is 16.6 Å². The van der Waals surface area contributed by atoms with Crippen LogP contribution in [0.5, 0.6) is 11.5 Å². The van der Waals surface area contributed by atoms with Gasteiger partial charge in [-0.25, -0.2) is 4.98 Å². The quantitative estimate of drug-likeness (QED) is 0.794. The van der Waals surface area contributed by atoms with E-state index < -0.39 is 6.10 Å². The molecule has 2 aromatic heterocycles. The van der Waals surface area contributed by atoms with Crippen LogP contribution in [0.25, 0.3) is 11.4 Å². The van der Waals surface area contributed by atoms with Crippen molar-refractivity contribution in [1.29, 1.82) is 0 Å². The minimum Gasteiger partial charge on any atom is -0.485 e. The summed E-state index contributed by atoms with van der Waals surface area (Å²) in [6.07, 6.45) is 1.000. The number of hydrogen-bond acceptors (Lipinski definition) is 6. The number of carbonyl (C=O) groups excluding carboxylic acids is 1. The Balaban J connectivity index is 1.45.